The molecule has 1 N–H and O–H groups in total. The molecule has 0 aliphatic heterocycles. The molecule has 4 nitrogen and oxygen atoms in total. The molecule has 2 aromatic heterocycles. The molecule has 0 aromatic carbocycles. The Balaban J connectivity index is 2.41. The van der Waals surface area contributed by atoms with E-state index in [1.54, 1.807) is 19.6 Å². The second kappa shape index (κ2) is 3.86. The monoisotopic (exact) mass is 222 g/mol. The number of carbonyl (C=O) groups is 1. The Morgan fingerprint density at radius 2 is 2.40 bits per heavy atom. The minimum atomic E-state index is -0.0975. The molecule has 0 unspecified atom stereocenters. The summed E-state index contributed by atoms with van der Waals surface area (Å²) in [5, 5.41) is 3.39. The van der Waals surface area contributed by atoms with Crippen molar-refractivity contribution in [3.63, 3.8) is 0 Å². The highest BCUT2D eigenvalue weighted by molar-refractivity contribution is 7.17. The van der Waals surface area contributed by atoms with Crippen molar-refractivity contribution < 1.29 is 9.21 Å². The van der Waals surface area contributed by atoms with Crippen LogP contribution in [0.3, 0.4) is 0 Å². The number of amides is 1. The van der Waals surface area contributed by atoms with Crippen LogP contribution >= 0.6 is 11.3 Å². The van der Waals surface area contributed by atoms with Gasteiger partial charge in [-0.25, -0.2) is 4.98 Å². The summed E-state index contributed by atoms with van der Waals surface area (Å²) >= 11 is 1.37. The summed E-state index contributed by atoms with van der Waals surface area (Å²) in [5.41, 5.74) is 1.65. The highest BCUT2D eigenvalue weighted by Crippen LogP contribution is 2.27. The predicted octanol–water partition coefficient (Wildman–Crippen LogP) is 2.07. The van der Waals surface area contributed by atoms with Crippen molar-refractivity contribution in [3.8, 4) is 10.6 Å². The van der Waals surface area contributed by atoms with E-state index in [1.165, 1.54) is 11.3 Å². The summed E-state index contributed by atoms with van der Waals surface area (Å²) in [6, 6.07) is 1.83. The van der Waals surface area contributed by atoms with Crippen molar-refractivity contribution in [1.82, 2.24) is 10.3 Å². The minimum Gasteiger partial charge on any atom is -0.472 e. The van der Waals surface area contributed by atoms with E-state index < -0.39 is 0 Å². The van der Waals surface area contributed by atoms with E-state index in [2.05, 4.69) is 10.3 Å². The van der Waals surface area contributed by atoms with Crippen molar-refractivity contribution in [2.75, 3.05) is 7.05 Å². The van der Waals surface area contributed by atoms with Gasteiger partial charge in [0.1, 0.15) is 16.1 Å². The molecule has 0 aliphatic rings. The third-order valence-corrected chi connectivity index (χ3v) is 3.20. The number of aryl methyl sites for hydroxylation is 1. The van der Waals surface area contributed by atoms with Crippen LogP contribution in [0.15, 0.2) is 23.0 Å². The van der Waals surface area contributed by atoms with Gasteiger partial charge < -0.3 is 9.73 Å². The smallest absolute Gasteiger partial charge is 0.263 e. The SMILES string of the molecule is CNC(=O)c1sc(-c2ccoc2)nc1C. The molecule has 0 bridgehead atoms. The number of carbonyl (C=O) groups excluding carboxylic acids is 1. The molecule has 1 amide bonds. The van der Waals surface area contributed by atoms with Crippen LogP contribution in [0.25, 0.3) is 10.6 Å². The summed E-state index contributed by atoms with van der Waals surface area (Å²) in [6.45, 7) is 1.82. The molecule has 0 radical (unpaired) electrons. The van der Waals surface area contributed by atoms with Gasteiger partial charge in [0.2, 0.25) is 0 Å². The Hall–Kier alpha value is -1.62. The first-order valence-corrected chi connectivity index (χ1v) is 5.26. The number of nitrogens with one attached hydrogen (secondary N) is 1. The normalized spacial score (nSPS) is 10.3. The number of furan rings is 1. The molecule has 0 fully saturated rings. The number of rotatable bonds is 2. The van der Waals surface area contributed by atoms with Gasteiger partial charge in [-0.1, -0.05) is 0 Å². The van der Waals surface area contributed by atoms with Gasteiger partial charge in [0.15, 0.2) is 0 Å². The standard InChI is InChI=1S/C10H10N2O2S/c1-6-8(9(13)11-2)15-10(12-6)7-3-4-14-5-7/h3-5H,1-2H3,(H,11,13). The van der Waals surface area contributed by atoms with E-state index in [-0.39, 0.29) is 5.91 Å². The maximum absolute atomic E-state index is 11.5. The van der Waals surface area contributed by atoms with Crippen LogP contribution in [0, 0.1) is 6.92 Å². The zero-order valence-electron chi connectivity index (χ0n) is 8.40. The minimum absolute atomic E-state index is 0.0975. The quantitative estimate of drug-likeness (QED) is 0.846. The van der Waals surface area contributed by atoms with E-state index in [4.69, 9.17) is 4.42 Å². The van der Waals surface area contributed by atoms with Crippen LogP contribution in [-0.4, -0.2) is 17.9 Å². The molecule has 0 atom stereocenters. The van der Waals surface area contributed by atoms with Gasteiger partial charge in [-0.3, -0.25) is 4.79 Å². The molecular formula is C10H10N2O2S. The predicted molar refractivity (Wildman–Crippen MR) is 57.9 cm³/mol. The Bertz CT molecular complexity index is 474. The zero-order chi connectivity index (χ0) is 10.8. The summed E-state index contributed by atoms with van der Waals surface area (Å²) in [7, 11) is 1.61. The van der Waals surface area contributed by atoms with Gasteiger partial charge in [0.05, 0.1) is 12.0 Å². The van der Waals surface area contributed by atoms with Gasteiger partial charge in [0.25, 0.3) is 5.91 Å². The summed E-state index contributed by atoms with van der Waals surface area (Å²) in [4.78, 5) is 16.4. The molecule has 2 heterocycles. The molecule has 15 heavy (non-hydrogen) atoms. The zero-order valence-corrected chi connectivity index (χ0v) is 9.22. The van der Waals surface area contributed by atoms with Crippen LogP contribution in [-0.2, 0) is 0 Å². The highest BCUT2D eigenvalue weighted by Gasteiger charge is 2.15. The lowest BCUT2D eigenvalue weighted by Crippen LogP contribution is -2.17. The third-order valence-electron chi connectivity index (χ3n) is 2.00. The van der Waals surface area contributed by atoms with E-state index in [1.807, 2.05) is 13.0 Å². The molecule has 78 valence electrons. The molecule has 5 heteroatoms. The van der Waals surface area contributed by atoms with E-state index in [9.17, 15) is 4.79 Å². The molecule has 0 spiro atoms. The summed E-state index contributed by atoms with van der Waals surface area (Å²) in [5.74, 6) is -0.0975. The lowest BCUT2D eigenvalue weighted by molar-refractivity contribution is 0.0966. The number of thiazole rings is 1. The van der Waals surface area contributed by atoms with Crippen molar-refractivity contribution in [1.29, 1.82) is 0 Å². The average molecular weight is 222 g/mol. The van der Waals surface area contributed by atoms with Gasteiger partial charge in [-0.05, 0) is 13.0 Å². The number of aromatic nitrogens is 1. The van der Waals surface area contributed by atoms with Crippen molar-refractivity contribution in [3.05, 3.63) is 29.2 Å². The van der Waals surface area contributed by atoms with E-state index in [0.29, 0.717) is 4.88 Å². The van der Waals surface area contributed by atoms with Gasteiger partial charge >= 0.3 is 0 Å². The lowest BCUT2D eigenvalue weighted by Gasteiger charge is -1.93. The van der Waals surface area contributed by atoms with Crippen LogP contribution in [0.5, 0.6) is 0 Å². The molecule has 2 rings (SSSR count). The van der Waals surface area contributed by atoms with Crippen molar-refractivity contribution in [2.45, 2.75) is 6.92 Å². The Morgan fingerprint density at radius 1 is 1.60 bits per heavy atom. The highest BCUT2D eigenvalue weighted by atomic mass is 32.1. The van der Waals surface area contributed by atoms with Crippen molar-refractivity contribution in [2.24, 2.45) is 0 Å². The van der Waals surface area contributed by atoms with Crippen LogP contribution in [0.1, 0.15) is 15.4 Å². The Labute approximate surface area is 90.9 Å². The second-order valence-corrected chi connectivity index (χ2v) is 4.02. The maximum atomic E-state index is 11.5. The van der Waals surface area contributed by atoms with Crippen LogP contribution in [0.2, 0.25) is 0 Å². The molecule has 0 saturated carbocycles. The fourth-order valence-corrected chi connectivity index (χ4v) is 2.23. The van der Waals surface area contributed by atoms with Gasteiger partial charge in [-0.2, -0.15) is 0 Å². The van der Waals surface area contributed by atoms with Crippen molar-refractivity contribution >= 4 is 17.2 Å². The Morgan fingerprint density at radius 3 is 3.00 bits per heavy atom. The van der Waals surface area contributed by atoms with Gasteiger partial charge in [0, 0.05) is 12.6 Å². The van der Waals surface area contributed by atoms with Gasteiger partial charge in [-0.15, -0.1) is 11.3 Å². The fraction of sp³-hybridized carbons (Fsp3) is 0.200. The lowest BCUT2D eigenvalue weighted by atomic mass is 10.3. The average Bonchev–Trinajstić information content (AvgIpc) is 2.84. The van der Waals surface area contributed by atoms with E-state index >= 15 is 0 Å². The molecular weight excluding hydrogens is 212 g/mol. The molecule has 0 saturated heterocycles. The first-order valence-electron chi connectivity index (χ1n) is 4.44. The largest absolute Gasteiger partial charge is 0.472 e. The summed E-state index contributed by atoms with van der Waals surface area (Å²) in [6.07, 6.45) is 3.21. The Kier molecular flexibility index (Phi) is 2.55. The topological polar surface area (TPSA) is 55.1 Å². The number of hydrogen-bond acceptors (Lipinski definition) is 4. The van der Waals surface area contributed by atoms with Crippen LogP contribution < -0.4 is 5.32 Å². The number of nitrogens with zero attached hydrogens (tertiary/aromatic N) is 1. The fourth-order valence-electron chi connectivity index (χ4n) is 1.23. The second-order valence-electron chi connectivity index (χ2n) is 3.02. The number of hydrogen-bond donors (Lipinski definition) is 1. The first-order chi connectivity index (χ1) is 7.22. The first kappa shape index (κ1) is 9.92. The molecule has 2 aromatic rings. The molecule has 0 aliphatic carbocycles. The van der Waals surface area contributed by atoms with E-state index in [0.717, 1.165) is 16.3 Å². The van der Waals surface area contributed by atoms with Crippen LogP contribution in [0.4, 0.5) is 0 Å². The summed E-state index contributed by atoms with van der Waals surface area (Å²) < 4.78 is 4.97. The third kappa shape index (κ3) is 1.78. The maximum Gasteiger partial charge on any atom is 0.263 e.